The van der Waals surface area contributed by atoms with Crippen molar-refractivity contribution in [1.29, 1.82) is 5.26 Å². The van der Waals surface area contributed by atoms with E-state index in [1.165, 1.54) is 12.1 Å². The highest BCUT2D eigenvalue weighted by Gasteiger charge is 2.09. The molecule has 0 aliphatic rings. The van der Waals surface area contributed by atoms with Gasteiger partial charge in [0.15, 0.2) is 5.69 Å². The van der Waals surface area contributed by atoms with E-state index in [4.69, 9.17) is 15.7 Å². The Morgan fingerprint density at radius 1 is 1.27 bits per heavy atom. The summed E-state index contributed by atoms with van der Waals surface area (Å²) >= 11 is 0. The summed E-state index contributed by atoms with van der Waals surface area (Å²) in [7, 11) is 0. The monoisotopic (exact) mass is 296 g/mol. The number of hydrogen-bond acceptors (Lipinski definition) is 6. The molecule has 2 N–H and O–H groups in total. The summed E-state index contributed by atoms with van der Waals surface area (Å²) in [5.41, 5.74) is 7.78. The smallest absolute Gasteiger partial charge is 0.317 e. The van der Waals surface area contributed by atoms with Crippen molar-refractivity contribution in [1.82, 2.24) is 10.2 Å². The van der Waals surface area contributed by atoms with E-state index in [0.29, 0.717) is 6.54 Å². The molecule has 0 aliphatic heterocycles. The molecule has 1 heterocycles. The first-order chi connectivity index (χ1) is 10.6. The Hall–Kier alpha value is -2.78. The lowest BCUT2D eigenvalue weighted by Crippen LogP contribution is -2.13. The summed E-state index contributed by atoms with van der Waals surface area (Å²) < 4.78 is 5.07. The number of nitrogens with two attached hydrogens (primary N) is 1. The lowest BCUT2D eigenvalue weighted by atomic mass is 9.99. The van der Waals surface area contributed by atoms with Crippen LogP contribution in [0.5, 0.6) is 5.88 Å². The normalized spacial score (nSPS) is 11.5. The molecule has 0 saturated heterocycles. The molecule has 0 spiro atoms. The zero-order valence-electron chi connectivity index (χ0n) is 12.2. The molecule has 1 atom stereocenters. The molecule has 1 aromatic carbocycles. The molecule has 0 bridgehead atoms. The van der Waals surface area contributed by atoms with E-state index in [1.807, 2.05) is 37.3 Å². The minimum Gasteiger partial charge on any atom is -0.406 e. The quantitative estimate of drug-likeness (QED) is 0.840. The second-order valence-electron chi connectivity index (χ2n) is 4.90. The van der Waals surface area contributed by atoms with Crippen molar-refractivity contribution in [2.24, 2.45) is 5.73 Å². The molecule has 6 heteroatoms. The predicted molar refractivity (Wildman–Crippen MR) is 80.0 cm³/mol. The second-order valence-corrected chi connectivity index (χ2v) is 4.90. The van der Waals surface area contributed by atoms with Crippen molar-refractivity contribution >= 4 is 5.97 Å². The first kappa shape index (κ1) is 15.6. The van der Waals surface area contributed by atoms with Gasteiger partial charge in [-0.3, -0.25) is 4.79 Å². The van der Waals surface area contributed by atoms with Gasteiger partial charge in [0.1, 0.15) is 6.07 Å². The van der Waals surface area contributed by atoms with Gasteiger partial charge in [-0.1, -0.05) is 31.2 Å². The molecule has 0 aliphatic carbocycles. The minimum absolute atomic E-state index is 0.0809. The molecule has 112 valence electrons. The van der Waals surface area contributed by atoms with E-state index in [2.05, 4.69) is 10.2 Å². The van der Waals surface area contributed by atoms with Crippen LogP contribution in [0.4, 0.5) is 0 Å². The van der Waals surface area contributed by atoms with Gasteiger partial charge in [0.25, 0.3) is 0 Å². The summed E-state index contributed by atoms with van der Waals surface area (Å²) in [5.74, 6) is -0.0640. The topological polar surface area (TPSA) is 102 Å². The van der Waals surface area contributed by atoms with E-state index in [0.717, 1.165) is 11.1 Å². The summed E-state index contributed by atoms with van der Waals surface area (Å²) in [6, 6.07) is 12.4. The zero-order valence-corrected chi connectivity index (χ0v) is 12.2. The van der Waals surface area contributed by atoms with Crippen LogP contribution < -0.4 is 10.5 Å². The van der Waals surface area contributed by atoms with Crippen LogP contribution in [0.15, 0.2) is 36.4 Å². The van der Waals surface area contributed by atoms with Crippen molar-refractivity contribution in [2.75, 3.05) is 6.54 Å². The van der Waals surface area contributed by atoms with E-state index >= 15 is 0 Å². The Morgan fingerprint density at radius 2 is 2.00 bits per heavy atom. The second kappa shape index (κ2) is 7.29. The van der Waals surface area contributed by atoms with Crippen molar-refractivity contribution in [2.45, 2.75) is 19.3 Å². The largest absolute Gasteiger partial charge is 0.406 e. The zero-order chi connectivity index (χ0) is 15.9. The average molecular weight is 296 g/mol. The van der Waals surface area contributed by atoms with Gasteiger partial charge in [0, 0.05) is 6.07 Å². The van der Waals surface area contributed by atoms with E-state index in [-0.39, 0.29) is 23.9 Å². The molecule has 0 amide bonds. The SMILES string of the molecule is CC(CN)c1ccc(CC(=O)Oc2ccc(C#N)nn2)cc1. The van der Waals surface area contributed by atoms with Gasteiger partial charge < -0.3 is 10.5 Å². The van der Waals surface area contributed by atoms with Crippen LogP contribution in [0.25, 0.3) is 0 Å². The van der Waals surface area contributed by atoms with E-state index < -0.39 is 5.97 Å². The average Bonchev–Trinajstić information content (AvgIpc) is 2.55. The fourth-order valence-electron chi connectivity index (χ4n) is 1.85. The van der Waals surface area contributed by atoms with Crippen LogP contribution in [-0.4, -0.2) is 22.7 Å². The third kappa shape index (κ3) is 4.11. The summed E-state index contributed by atoms with van der Waals surface area (Å²) in [5, 5.41) is 15.9. The summed E-state index contributed by atoms with van der Waals surface area (Å²) in [6.45, 7) is 2.63. The number of rotatable bonds is 5. The Morgan fingerprint density at radius 3 is 2.55 bits per heavy atom. The van der Waals surface area contributed by atoms with Gasteiger partial charge in [0.05, 0.1) is 6.42 Å². The number of nitriles is 1. The number of hydrogen-bond donors (Lipinski definition) is 1. The maximum Gasteiger partial charge on any atom is 0.317 e. The van der Waals surface area contributed by atoms with Crippen LogP contribution in [-0.2, 0) is 11.2 Å². The van der Waals surface area contributed by atoms with Crippen LogP contribution in [0.1, 0.15) is 29.7 Å². The molecule has 0 saturated carbocycles. The van der Waals surface area contributed by atoms with E-state index in [9.17, 15) is 4.79 Å². The fourth-order valence-corrected chi connectivity index (χ4v) is 1.85. The van der Waals surface area contributed by atoms with Crippen molar-refractivity contribution in [3.63, 3.8) is 0 Å². The minimum atomic E-state index is -0.432. The lowest BCUT2D eigenvalue weighted by Gasteiger charge is -2.09. The van der Waals surface area contributed by atoms with Gasteiger partial charge in [-0.05, 0) is 29.7 Å². The highest BCUT2D eigenvalue weighted by molar-refractivity contribution is 5.74. The highest BCUT2D eigenvalue weighted by atomic mass is 16.5. The Kier molecular flexibility index (Phi) is 5.17. The molecule has 0 radical (unpaired) electrons. The molecule has 22 heavy (non-hydrogen) atoms. The van der Waals surface area contributed by atoms with Crippen molar-refractivity contribution in [3.05, 3.63) is 53.2 Å². The number of carbonyl (C=O) groups is 1. The van der Waals surface area contributed by atoms with Crippen molar-refractivity contribution in [3.8, 4) is 11.9 Å². The van der Waals surface area contributed by atoms with Crippen LogP contribution in [0.2, 0.25) is 0 Å². The fraction of sp³-hybridized carbons (Fsp3) is 0.250. The molecule has 0 fully saturated rings. The number of ether oxygens (including phenoxy) is 1. The molecule has 2 aromatic rings. The van der Waals surface area contributed by atoms with Crippen molar-refractivity contribution < 1.29 is 9.53 Å². The molecule has 6 nitrogen and oxygen atoms in total. The van der Waals surface area contributed by atoms with Gasteiger partial charge >= 0.3 is 5.97 Å². The first-order valence-electron chi connectivity index (χ1n) is 6.85. The Labute approximate surface area is 128 Å². The Bertz CT molecular complexity index is 675. The number of benzene rings is 1. The molecule has 1 aromatic heterocycles. The number of aromatic nitrogens is 2. The predicted octanol–water partition coefficient (Wildman–Crippen LogP) is 1.56. The Balaban J connectivity index is 1.95. The van der Waals surface area contributed by atoms with Gasteiger partial charge in [-0.15, -0.1) is 10.2 Å². The van der Waals surface area contributed by atoms with Crippen LogP contribution >= 0.6 is 0 Å². The highest BCUT2D eigenvalue weighted by Crippen LogP contribution is 2.15. The molecule has 1 unspecified atom stereocenters. The van der Waals surface area contributed by atoms with Gasteiger partial charge in [-0.2, -0.15) is 5.26 Å². The molecular weight excluding hydrogens is 280 g/mol. The maximum atomic E-state index is 11.8. The maximum absolute atomic E-state index is 11.8. The van der Waals surface area contributed by atoms with Crippen LogP contribution in [0.3, 0.4) is 0 Å². The third-order valence-corrected chi connectivity index (χ3v) is 3.22. The van der Waals surface area contributed by atoms with Gasteiger partial charge in [0.2, 0.25) is 5.88 Å². The molecule has 2 rings (SSSR count). The number of esters is 1. The standard InChI is InChI=1S/C16H16N4O2/c1-11(9-17)13-4-2-12(3-5-13)8-16(21)22-15-7-6-14(10-18)19-20-15/h2-7,11H,8-9,17H2,1H3. The number of carbonyl (C=O) groups excluding carboxylic acids is 1. The third-order valence-electron chi connectivity index (χ3n) is 3.22. The number of nitrogens with zero attached hydrogens (tertiary/aromatic N) is 3. The molecular formula is C16H16N4O2. The summed E-state index contributed by atoms with van der Waals surface area (Å²) in [6.07, 6.45) is 0.138. The van der Waals surface area contributed by atoms with Gasteiger partial charge in [-0.25, -0.2) is 0 Å². The first-order valence-corrected chi connectivity index (χ1v) is 6.85. The van der Waals surface area contributed by atoms with E-state index in [1.54, 1.807) is 0 Å². The summed E-state index contributed by atoms with van der Waals surface area (Å²) in [4.78, 5) is 11.8. The lowest BCUT2D eigenvalue weighted by molar-refractivity contribution is -0.133. The van der Waals surface area contributed by atoms with Crippen LogP contribution in [0, 0.1) is 11.3 Å².